The predicted molar refractivity (Wildman–Crippen MR) is 103 cm³/mol. The number of rotatable bonds is 2. The Morgan fingerprint density at radius 3 is 2.15 bits per heavy atom. The normalized spacial score (nSPS) is 19.3. The fourth-order valence-electron chi connectivity index (χ4n) is 4.05. The van der Waals surface area contributed by atoms with Crippen molar-refractivity contribution in [1.29, 1.82) is 0 Å². The molecule has 26 heavy (non-hydrogen) atoms. The molecular weight excluding hydrogens is 324 g/mol. The summed E-state index contributed by atoms with van der Waals surface area (Å²) in [4.78, 5) is 29.4. The Kier molecular flexibility index (Phi) is 4.49. The van der Waals surface area contributed by atoms with Crippen molar-refractivity contribution in [3.8, 4) is 0 Å². The minimum atomic E-state index is -0.000536. The molecule has 0 N–H and O–H groups in total. The molecule has 0 aromatic heterocycles. The summed E-state index contributed by atoms with van der Waals surface area (Å²) in [6.07, 6.45) is 4.24. The fraction of sp³-hybridized carbons (Fsp3) is 0.364. The molecular formula is C22H24N2O2. The van der Waals surface area contributed by atoms with Crippen LogP contribution in [0.4, 0.5) is 5.69 Å². The minimum Gasteiger partial charge on any atom is -0.339 e. The smallest absolute Gasteiger partial charge is 0.258 e. The zero-order chi connectivity index (χ0) is 18.1. The van der Waals surface area contributed by atoms with Crippen molar-refractivity contribution >= 4 is 17.5 Å². The van der Waals surface area contributed by atoms with Crippen LogP contribution >= 0.6 is 0 Å². The van der Waals surface area contributed by atoms with Crippen molar-refractivity contribution in [3.05, 3.63) is 65.2 Å². The summed E-state index contributed by atoms with van der Waals surface area (Å²) in [6.45, 7) is 3.75. The number of piperidine rings is 1. The highest BCUT2D eigenvalue weighted by atomic mass is 16.2. The van der Waals surface area contributed by atoms with Crippen LogP contribution in [0.1, 0.15) is 52.5 Å². The maximum absolute atomic E-state index is 13.0. The third-order valence-corrected chi connectivity index (χ3v) is 5.45. The predicted octanol–water partition coefficient (Wildman–Crippen LogP) is 3.90. The van der Waals surface area contributed by atoms with E-state index in [0.29, 0.717) is 11.1 Å². The molecule has 0 spiro atoms. The lowest BCUT2D eigenvalue weighted by Crippen LogP contribution is -2.36. The number of para-hydroxylation sites is 1. The number of amides is 2. The van der Waals surface area contributed by atoms with E-state index in [0.717, 1.165) is 38.0 Å². The molecule has 2 aliphatic heterocycles. The van der Waals surface area contributed by atoms with E-state index in [1.165, 1.54) is 12.0 Å². The van der Waals surface area contributed by atoms with E-state index < -0.39 is 0 Å². The lowest BCUT2D eigenvalue weighted by molar-refractivity contribution is 0.0724. The van der Waals surface area contributed by atoms with Gasteiger partial charge in [0, 0.05) is 35.9 Å². The van der Waals surface area contributed by atoms with Gasteiger partial charge in [-0.3, -0.25) is 9.59 Å². The van der Waals surface area contributed by atoms with Gasteiger partial charge in [-0.05, 0) is 68.5 Å². The number of benzene rings is 2. The standard InChI is InChI=1S/C22H24N2O2/c1-16-15-19-7-3-4-8-20(19)24(16)22(26)18-11-9-17(10-12-18)21(25)23-13-5-2-6-14-23/h3-4,7-12,16H,2,5-6,13-15H2,1H3. The van der Waals surface area contributed by atoms with Crippen LogP contribution in [-0.2, 0) is 6.42 Å². The average molecular weight is 348 g/mol. The average Bonchev–Trinajstić information content (AvgIpc) is 3.03. The summed E-state index contributed by atoms with van der Waals surface area (Å²) < 4.78 is 0. The van der Waals surface area contributed by atoms with Crippen LogP contribution in [0.2, 0.25) is 0 Å². The summed E-state index contributed by atoms with van der Waals surface area (Å²) in [5.74, 6) is 0.0722. The Bertz CT molecular complexity index is 822. The van der Waals surface area contributed by atoms with Crippen LogP contribution in [0.25, 0.3) is 0 Å². The van der Waals surface area contributed by atoms with Gasteiger partial charge in [0.25, 0.3) is 11.8 Å². The Morgan fingerprint density at radius 1 is 0.846 bits per heavy atom. The second kappa shape index (κ2) is 6.94. The number of anilines is 1. The van der Waals surface area contributed by atoms with E-state index >= 15 is 0 Å². The molecule has 2 amide bonds. The lowest BCUT2D eigenvalue weighted by Gasteiger charge is -2.27. The Hall–Kier alpha value is -2.62. The molecule has 2 aliphatic rings. The minimum absolute atomic E-state index is 0.000536. The van der Waals surface area contributed by atoms with Gasteiger partial charge >= 0.3 is 0 Å². The lowest BCUT2D eigenvalue weighted by atomic mass is 10.1. The van der Waals surface area contributed by atoms with E-state index in [2.05, 4.69) is 13.0 Å². The SMILES string of the molecule is CC1Cc2ccccc2N1C(=O)c1ccc(C(=O)N2CCCCC2)cc1. The number of hydrogen-bond acceptors (Lipinski definition) is 2. The van der Waals surface area contributed by atoms with Crippen molar-refractivity contribution < 1.29 is 9.59 Å². The molecule has 0 bridgehead atoms. The monoisotopic (exact) mass is 348 g/mol. The number of carbonyl (C=O) groups is 2. The van der Waals surface area contributed by atoms with Crippen molar-refractivity contribution in [3.63, 3.8) is 0 Å². The highest BCUT2D eigenvalue weighted by Crippen LogP contribution is 2.33. The highest BCUT2D eigenvalue weighted by molar-refractivity contribution is 6.08. The Morgan fingerprint density at radius 2 is 1.46 bits per heavy atom. The number of hydrogen-bond donors (Lipinski definition) is 0. The molecule has 134 valence electrons. The van der Waals surface area contributed by atoms with Crippen LogP contribution in [0, 0.1) is 0 Å². The molecule has 4 heteroatoms. The van der Waals surface area contributed by atoms with Gasteiger partial charge in [0.05, 0.1) is 0 Å². The first-order valence-corrected chi connectivity index (χ1v) is 9.46. The van der Waals surface area contributed by atoms with E-state index in [-0.39, 0.29) is 17.9 Å². The second-order valence-electron chi connectivity index (χ2n) is 7.29. The summed E-state index contributed by atoms with van der Waals surface area (Å²) in [7, 11) is 0. The highest BCUT2D eigenvalue weighted by Gasteiger charge is 2.31. The molecule has 4 nitrogen and oxygen atoms in total. The quantitative estimate of drug-likeness (QED) is 0.826. The summed E-state index contributed by atoms with van der Waals surface area (Å²) >= 11 is 0. The molecule has 1 atom stereocenters. The summed E-state index contributed by atoms with van der Waals surface area (Å²) in [6, 6.07) is 15.4. The molecule has 2 aromatic carbocycles. The van der Waals surface area contributed by atoms with Gasteiger partial charge in [-0.15, -0.1) is 0 Å². The molecule has 0 saturated carbocycles. The maximum atomic E-state index is 13.0. The summed E-state index contributed by atoms with van der Waals surface area (Å²) in [5, 5.41) is 0. The third kappa shape index (κ3) is 3.00. The Labute approximate surface area is 154 Å². The molecule has 0 radical (unpaired) electrons. The van der Waals surface area contributed by atoms with Gasteiger partial charge < -0.3 is 9.80 Å². The zero-order valence-electron chi connectivity index (χ0n) is 15.1. The van der Waals surface area contributed by atoms with Gasteiger partial charge in [0.1, 0.15) is 0 Å². The molecule has 2 heterocycles. The van der Waals surface area contributed by atoms with E-state index in [1.807, 2.05) is 28.0 Å². The van der Waals surface area contributed by atoms with Gasteiger partial charge in [0.15, 0.2) is 0 Å². The van der Waals surface area contributed by atoms with Gasteiger partial charge in [-0.1, -0.05) is 18.2 Å². The zero-order valence-corrected chi connectivity index (χ0v) is 15.1. The molecule has 1 unspecified atom stereocenters. The molecule has 1 fully saturated rings. The van der Waals surface area contributed by atoms with Crippen LogP contribution in [0.5, 0.6) is 0 Å². The first-order chi connectivity index (χ1) is 12.6. The molecule has 4 rings (SSSR count). The van der Waals surface area contributed by atoms with Crippen molar-refractivity contribution in [2.24, 2.45) is 0 Å². The van der Waals surface area contributed by atoms with E-state index in [4.69, 9.17) is 0 Å². The van der Waals surface area contributed by atoms with Crippen LogP contribution < -0.4 is 4.90 Å². The van der Waals surface area contributed by atoms with Crippen molar-refractivity contribution in [2.45, 2.75) is 38.6 Å². The van der Waals surface area contributed by atoms with Crippen LogP contribution in [0.15, 0.2) is 48.5 Å². The van der Waals surface area contributed by atoms with E-state index in [9.17, 15) is 9.59 Å². The number of likely N-dealkylation sites (tertiary alicyclic amines) is 1. The van der Waals surface area contributed by atoms with Crippen molar-refractivity contribution in [1.82, 2.24) is 4.90 Å². The van der Waals surface area contributed by atoms with Crippen LogP contribution in [0.3, 0.4) is 0 Å². The molecule has 0 aliphatic carbocycles. The number of fused-ring (bicyclic) bond motifs is 1. The van der Waals surface area contributed by atoms with Crippen molar-refractivity contribution in [2.75, 3.05) is 18.0 Å². The van der Waals surface area contributed by atoms with Gasteiger partial charge in [0.2, 0.25) is 0 Å². The fourth-order valence-corrected chi connectivity index (χ4v) is 4.05. The number of nitrogens with zero attached hydrogens (tertiary/aromatic N) is 2. The van der Waals surface area contributed by atoms with Gasteiger partial charge in [-0.2, -0.15) is 0 Å². The molecule has 2 aromatic rings. The van der Waals surface area contributed by atoms with Gasteiger partial charge in [-0.25, -0.2) is 0 Å². The first kappa shape index (κ1) is 16.8. The topological polar surface area (TPSA) is 40.6 Å². The summed E-state index contributed by atoms with van der Waals surface area (Å²) in [5.41, 5.74) is 3.51. The first-order valence-electron chi connectivity index (χ1n) is 9.46. The third-order valence-electron chi connectivity index (χ3n) is 5.45. The number of carbonyl (C=O) groups excluding carboxylic acids is 2. The second-order valence-corrected chi connectivity index (χ2v) is 7.29. The van der Waals surface area contributed by atoms with Crippen LogP contribution in [-0.4, -0.2) is 35.8 Å². The maximum Gasteiger partial charge on any atom is 0.258 e. The van der Waals surface area contributed by atoms with E-state index in [1.54, 1.807) is 24.3 Å². The molecule has 1 saturated heterocycles. The Balaban J connectivity index is 1.53. The largest absolute Gasteiger partial charge is 0.339 e.